The predicted octanol–water partition coefficient (Wildman–Crippen LogP) is 3.51. The summed E-state index contributed by atoms with van der Waals surface area (Å²) in [7, 11) is 0. The smallest absolute Gasteiger partial charge is 0.410 e. The van der Waals surface area contributed by atoms with Crippen LogP contribution in [0, 0.1) is 0 Å². The zero-order valence-electron chi connectivity index (χ0n) is 21.5. The van der Waals surface area contributed by atoms with E-state index in [-0.39, 0.29) is 35.9 Å². The lowest BCUT2D eigenvalue weighted by Gasteiger charge is -2.41. The van der Waals surface area contributed by atoms with Crippen LogP contribution in [0.1, 0.15) is 53.0 Å². The Hall–Kier alpha value is -2.32. The topological polar surface area (TPSA) is 73.4 Å². The summed E-state index contributed by atoms with van der Waals surface area (Å²) in [6.45, 7) is 13.2. The molecule has 0 aliphatic carbocycles. The molecular formula is C26H37ClN4O4. The number of benzene rings is 1. The van der Waals surface area contributed by atoms with E-state index in [1.807, 2.05) is 49.6 Å². The zero-order chi connectivity index (χ0) is 25.5. The molecule has 3 aliphatic heterocycles. The first-order chi connectivity index (χ1) is 16.4. The fourth-order valence-electron chi connectivity index (χ4n) is 5.59. The molecule has 1 aromatic rings. The summed E-state index contributed by atoms with van der Waals surface area (Å²) in [6.07, 6.45) is 1.35. The second-order valence-electron chi connectivity index (χ2n) is 11.2. The number of piperidine rings is 1. The van der Waals surface area contributed by atoms with E-state index in [1.165, 1.54) is 0 Å². The summed E-state index contributed by atoms with van der Waals surface area (Å²) in [5, 5.41) is 0.611. The lowest BCUT2D eigenvalue weighted by Crippen LogP contribution is -2.56. The van der Waals surface area contributed by atoms with Crippen LogP contribution in [0.2, 0.25) is 5.02 Å². The third kappa shape index (κ3) is 5.43. The number of likely N-dealkylation sites (tertiary alicyclic amines) is 1. The van der Waals surface area contributed by atoms with Crippen molar-refractivity contribution in [1.82, 2.24) is 14.7 Å². The van der Waals surface area contributed by atoms with Gasteiger partial charge in [0.05, 0.1) is 6.54 Å². The van der Waals surface area contributed by atoms with Gasteiger partial charge in [-0.15, -0.1) is 0 Å². The second kappa shape index (κ2) is 9.62. The number of rotatable bonds is 2. The maximum atomic E-state index is 13.6. The fraction of sp³-hybridized carbons (Fsp3) is 0.654. The summed E-state index contributed by atoms with van der Waals surface area (Å²) < 4.78 is 5.54. The average molecular weight is 505 g/mol. The fourth-order valence-corrected chi connectivity index (χ4v) is 5.76. The number of hydrogen-bond acceptors (Lipinski definition) is 5. The molecule has 9 heteroatoms. The molecular weight excluding hydrogens is 468 g/mol. The maximum absolute atomic E-state index is 13.6. The molecule has 2 saturated heterocycles. The Balaban J connectivity index is 1.44. The van der Waals surface area contributed by atoms with Gasteiger partial charge in [-0.1, -0.05) is 17.7 Å². The number of piperazine rings is 1. The van der Waals surface area contributed by atoms with Gasteiger partial charge < -0.3 is 19.4 Å². The molecule has 35 heavy (non-hydrogen) atoms. The average Bonchev–Trinajstić information content (AvgIpc) is 3.06. The van der Waals surface area contributed by atoms with E-state index in [1.54, 1.807) is 11.8 Å². The van der Waals surface area contributed by atoms with Crippen molar-refractivity contribution in [3.63, 3.8) is 0 Å². The van der Waals surface area contributed by atoms with Crippen molar-refractivity contribution in [2.45, 2.75) is 64.5 Å². The first-order valence-corrected chi connectivity index (χ1v) is 12.8. The van der Waals surface area contributed by atoms with Crippen molar-refractivity contribution in [3.8, 4) is 0 Å². The predicted molar refractivity (Wildman–Crippen MR) is 136 cm³/mol. The summed E-state index contributed by atoms with van der Waals surface area (Å²) in [5.74, 6) is 0.138. The van der Waals surface area contributed by atoms with E-state index in [2.05, 4.69) is 11.0 Å². The Morgan fingerprint density at radius 3 is 2.40 bits per heavy atom. The van der Waals surface area contributed by atoms with Crippen LogP contribution in [-0.4, -0.2) is 90.1 Å². The normalized spacial score (nSPS) is 22.3. The lowest BCUT2D eigenvalue weighted by atomic mass is 9.74. The van der Waals surface area contributed by atoms with Gasteiger partial charge in [-0.25, -0.2) is 4.79 Å². The molecule has 0 saturated carbocycles. The zero-order valence-corrected chi connectivity index (χ0v) is 22.2. The number of fused-ring (bicyclic) bond motifs is 2. The van der Waals surface area contributed by atoms with E-state index >= 15 is 0 Å². The number of hydrogen-bond donors (Lipinski definition) is 0. The minimum absolute atomic E-state index is 0.0392. The number of ether oxygens (including phenoxy) is 1. The Labute approximate surface area is 213 Å². The van der Waals surface area contributed by atoms with Crippen LogP contribution in [0.5, 0.6) is 0 Å². The molecule has 1 aromatic carbocycles. The number of anilines is 1. The van der Waals surface area contributed by atoms with Gasteiger partial charge in [-0.05, 0) is 58.2 Å². The van der Waals surface area contributed by atoms with E-state index < -0.39 is 5.60 Å². The molecule has 0 bridgehead atoms. The largest absolute Gasteiger partial charge is 0.444 e. The maximum Gasteiger partial charge on any atom is 0.410 e. The molecule has 3 aliphatic rings. The monoisotopic (exact) mass is 504 g/mol. The molecule has 0 N–H and O–H groups in total. The standard InChI is InChI=1S/C26H37ClN4O4/c1-18-15-28(12-13-30(18)24(34)35-25(3,4)5)16-23(33)31-17-26(8-10-29(11-9-26)19(2)32)21-7-6-20(27)14-22(21)31/h6-7,14,18H,8-13,15-17H2,1-5H3/t18-/m1/s1. The third-order valence-electron chi connectivity index (χ3n) is 7.45. The number of halogens is 1. The van der Waals surface area contributed by atoms with E-state index in [0.717, 1.165) is 24.1 Å². The Kier molecular flexibility index (Phi) is 7.08. The van der Waals surface area contributed by atoms with Crippen molar-refractivity contribution < 1.29 is 19.1 Å². The van der Waals surface area contributed by atoms with Gasteiger partial charge in [0.1, 0.15) is 5.60 Å². The highest BCUT2D eigenvalue weighted by Crippen LogP contribution is 2.48. The molecule has 4 rings (SSSR count). The Morgan fingerprint density at radius 1 is 1.11 bits per heavy atom. The minimum Gasteiger partial charge on any atom is -0.444 e. The van der Waals surface area contributed by atoms with Crippen LogP contribution in [0.3, 0.4) is 0 Å². The van der Waals surface area contributed by atoms with Gasteiger partial charge in [-0.3, -0.25) is 14.5 Å². The molecule has 8 nitrogen and oxygen atoms in total. The molecule has 3 heterocycles. The molecule has 0 radical (unpaired) electrons. The molecule has 1 spiro atoms. The van der Waals surface area contributed by atoms with E-state index in [0.29, 0.717) is 44.3 Å². The quantitative estimate of drug-likeness (QED) is 0.616. The van der Waals surface area contributed by atoms with Crippen LogP contribution in [0.4, 0.5) is 10.5 Å². The molecule has 0 unspecified atom stereocenters. The highest BCUT2D eigenvalue weighted by molar-refractivity contribution is 6.31. The number of amides is 3. The second-order valence-corrected chi connectivity index (χ2v) is 11.6. The van der Waals surface area contributed by atoms with Crippen LogP contribution >= 0.6 is 11.6 Å². The van der Waals surface area contributed by atoms with Crippen LogP contribution < -0.4 is 4.90 Å². The molecule has 3 amide bonds. The first kappa shape index (κ1) is 25.8. The summed E-state index contributed by atoms with van der Waals surface area (Å²) in [4.78, 5) is 45.6. The Morgan fingerprint density at radius 2 is 1.80 bits per heavy atom. The van der Waals surface area contributed by atoms with Crippen molar-refractivity contribution in [1.29, 1.82) is 0 Å². The van der Waals surface area contributed by atoms with Gasteiger partial charge in [0.2, 0.25) is 11.8 Å². The van der Waals surface area contributed by atoms with Crippen molar-refractivity contribution in [2.75, 3.05) is 50.7 Å². The van der Waals surface area contributed by atoms with Gasteiger partial charge in [0.25, 0.3) is 0 Å². The minimum atomic E-state index is -0.537. The summed E-state index contributed by atoms with van der Waals surface area (Å²) in [6, 6.07) is 5.79. The summed E-state index contributed by atoms with van der Waals surface area (Å²) in [5.41, 5.74) is 1.36. The number of carbonyl (C=O) groups is 3. The molecule has 192 valence electrons. The van der Waals surface area contributed by atoms with Crippen LogP contribution in [0.15, 0.2) is 18.2 Å². The van der Waals surface area contributed by atoms with Crippen molar-refractivity contribution >= 4 is 35.2 Å². The molecule has 2 fully saturated rings. The van der Waals surface area contributed by atoms with Crippen molar-refractivity contribution in [2.24, 2.45) is 0 Å². The Bertz CT molecular complexity index is 1000. The van der Waals surface area contributed by atoms with Gasteiger partial charge >= 0.3 is 6.09 Å². The van der Waals surface area contributed by atoms with Crippen LogP contribution in [-0.2, 0) is 19.7 Å². The summed E-state index contributed by atoms with van der Waals surface area (Å²) >= 11 is 6.34. The van der Waals surface area contributed by atoms with Gasteiger partial charge in [0, 0.05) is 68.4 Å². The van der Waals surface area contributed by atoms with Crippen LogP contribution in [0.25, 0.3) is 0 Å². The first-order valence-electron chi connectivity index (χ1n) is 12.5. The van der Waals surface area contributed by atoms with Gasteiger partial charge in [-0.2, -0.15) is 0 Å². The third-order valence-corrected chi connectivity index (χ3v) is 7.68. The van der Waals surface area contributed by atoms with Crippen molar-refractivity contribution in [3.05, 3.63) is 28.8 Å². The number of carbonyl (C=O) groups excluding carboxylic acids is 3. The molecule has 0 aromatic heterocycles. The molecule has 1 atom stereocenters. The van der Waals surface area contributed by atoms with Gasteiger partial charge in [0.15, 0.2) is 0 Å². The lowest BCUT2D eigenvalue weighted by molar-refractivity contribution is -0.130. The SMILES string of the molecule is CC(=O)N1CCC2(CC1)CN(C(=O)CN1CCN(C(=O)OC(C)(C)C)[C@H](C)C1)c1cc(Cl)ccc12. The van der Waals surface area contributed by atoms with E-state index in [9.17, 15) is 14.4 Å². The van der Waals surface area contributed by atoms with E-state index in [4.69, 9.17) is 16.3 Å². The highest BCUT2D eigenvalue weighted by Gasteiger charge is 2.47. The highest BCUT2D eigenvalue weighted by atomic mass is 35.5. The number of nitrogens with zero attached hydrogens (tertiary/aromatic N) is 4.